The molecule has 0 saturated heterocycles. The predicted molar refractivity (Wildman–Crippen MR) is 78.2 cm³/mol. The molecule has 2 aromatic rings. The fraction of sp³-hybridized carbons (Fsp3) is 0.154. The van der Waals surface area contributed by atoms with Crippen LogP contribution < -0.4 is 0 Å². The van der Waals surface area contributed by atoms with Gasteiger partial charge in [-0.2, -0.15) is 11.3 Å². The summed E-state index contributed by atoms with van der Waals surface area (Å²) in [6.45, 7) is 0.395. The van der Waals surface area contributed by atoms with Gasteiger partial charge in [-0.05, 0) is 34.5 Å². The molecule has 0 N–H and O–H groups in total. The molecule has 20 heavy (non-hydrogen) atoms. The summed E-state index contributed by atoms with van der Waals surface area (Å²) < 4.78 is 0. The SMILES string of the molecule is CN(Cc1ccsc1)C(=O)c1cccc(Cl)c1[N+](=O)[O-]. The van der Waals surface area contributed by atoms with E-state index in [2.05, 4.69) is 0 Å². The van der Waals surface area contributed by atoms with E-state index in [-0.39, 0.29) is 16.3 Å². The number of thiophene rings is 1. The molecule has 0 radical (unpaired) electrons. The average molecular weight is 311 g/mol. The van der Waals surface area contributed by atoms with Crippen LogP contribution in [0.1, 0.15) is 15.9 Å². The second-order valence-electron chi connectivity index (χ2n) is 4.19. The van der Waals surface area contributed by atoms with Gasteiger partial charge < -0.3 is 4.90 Å². The van der Waals surface area contributed by atoms with Gasteiger partial charge in [0.2, 0.25) is 0 Å². The summed E-state index contributed by atoms with van der Waals surface area (Å²) in [7, 11) is 1.60. The van der Waals surface area contributed by atoms with Gasteiger partial charge in [-0.1, -0.05) is 17.7 Å². The zero-order valence-corrected chi connectivity index (χ0v) is 12.1. The van der Waals surface area contributed by atoms with Crippen LogP contribution in [0.15, 0.2) is 35.0 Å². The Morgan fingerprint density at radius 3 is 2.80 bits per heavy atom. The lowest BCUT2D eigenvalue weighted by Crippen LogP contribution is -2.26. The topological polar surface area (TPSA) is 63.5 Å². The van der Waals surface area contributed by atoms with Crippen molar-refractivity contribution in [1.82, 2.24) is 4.90 Å². The quantitative estimate of drug-likeness (QED) is 0.640. The molecule has 1 heterocycles. The van der Waals surface area contributed by atoms with E-state index in [1.807, 2.05) is 16.8 Å². The molecule has 0 atom stereocenters. The Kier molecular flexibility index (Phi) is 4.36. The molecule has 0 unspecified atom stereocenters. The highest BCUT2D eigenvalue weighted by atomic mass is 35.5. The van der Waals surface area contributed by atoms with Crippen LogP contribution >= 0.6 is 22.9 Å². The minimum Gasteiger partial charge on any atom is -0.337 e. The molecule has 0 aliphatic heterocycles. The normalized spacial score (nSPS) is 10.3. The van der Waals surface area contributed by atoms with Crippen molar-refractivity contribution in [1.29, 1.82) is 0 Å². The number of benzene rings is 1. The number of hydrogen-bond donors (Lipinski definition) is 0. The van der Waals surface area contributed by atoms with Crippen LogP contribution in [0.3, 0.4) is 0 Å². The zero-order valence-electron chi connectivity index (χ0n) is 10.6. The Bertz CT molecular complexity index is 643. The van der Waals surface area contributed by atoms with Crippen LogP contribution in [0.4, 0.5) is 5.69 Å². The number of nitrogens with zero attached hydrogens (tertiary/aromatic N) is 2. The van der Waals surface area contributed by atoms with Crippen molar-refractivity contribution in [3.63, 3.8) is 0 Å². The molecule has 104 valence electrons. The van der Waals surface area contributed by atoms with Crippen LogP contribution in [0.5, 0.6) is 0 Å². The lowest BCUT2D eigenvalue weighted by molar-refractivity contribution is -0.385. The van der Waals surface area contributed by atoms with Crippen molar-refractivity contribution < 1.29 is 9.72 Å². The highest BCUT2D eigenvalue weighted by Gasteiger charge is 2.25. The highest BCUT2D eigenvalue weighted by molar-refractivity contribution is 7.07. The molecule has 2 rings (SSSR count). The van der Waals surface area contributed by atoms with Crippen molar-refractivity contribution in [2.75, 3.05) is 7.05 Å². The van der Waals surface area contributed by atoms with E-state index in [0.29, 0.717) is 6.54 Å². The van der Waals surface area contributed by atoms with Crippen LogP contribution in [-0.4, -0.2) is 22.8 Å². The van der Waals surface area contributed by atoms with Crippen molar-refractivity contribution in [3.8, 4) is 0 Å². The van der Waals surface area contributed by atoms with Crippen molar-refractivity contribution in [3.05, 3.63) is 61.3 Å². The Balaban J connectivity index is 2.29. The minimum absolute atomic E-state index is 0.000213. The summed E-state index contributed by atoms with van der Waals surface area (Å²) in [6.07, 6.45) is 0. The van der Waals surface area contributed by atoms with Gasteiger partial charge in [0.15, 0.2) is 0 Å². The van der Waals surface area contributed by atoms with Crippen LogP contribution in [-0.2, 0) is 6.54 Å². The number of hydrogen-bond acceptors (Lipinski definition) is 4. The molecule has 1 aromatic carbocycles. The Morgan fingerprint density at radius 1 is 1.45 bits per heavy atom. The maximum Gasteiger partial charge on any atom is 0.300 e. The first kappa shape index (κ1) is 14.5. The maximum absolute atomic E-state index is 12.3. The van der Waals surface area contributed by atoms with Gasteiger partial charge in [-0.25, -0.2) is 0 Å². The molecular formula is C13H11ClN2O3S. The summed E-state index contributed by atoms with van der Waals surface area (Å²) in [6, 6.07) is 6.24. The third-order valence-corrected chi connectivity index (χ3v) is 3.78. The van der Waals surface area contributed by atoms with Gasteiger partial charge in [0.25, 0.3) is 5.91 Å². The van der Waals surface area contributed by atoms with Crippen molar-refractivity contribution in [2.45, 2.75) is 6.54 Å². The maximum atomic E-state index is 12.3. The van der Waals surface area contributed by atoms with Gasteiger partial charge in [0, 0.05) is 13.6 Å². The number of rotatable bonds is 4. The summed E-state index contributed by atoms with van der Waals surface area (Å²) in [5.41, 5.74) is 0.632. The molecular weight excluding hydrogens is 300 g/mol. The molecule has 0 aliphatic rings. The van der Waals surface area contributed by atoms with E-state index in [1.165, 1.54) is 34.4 Å². The predicted octanol–water partition coefficient (Wildman–Crippen LogP) is 3.58. The second kappa shape index (κ2) is 6.02. The average Bonchev–Trinajstić information content (AvgIpc) is 2.89. The van der Waals surface area contributed by atoms with Crippen molar-refractivity contribution in [2.24, 2.45) is 0 Å². The van der Waals surface area contributed by atoms with Gasteiger partial charge in [-0.15, -0.1) is 0 Å². The molecule has 0 spiro atoms. The molecule has 0 bridgehead atoms. The first-order valence-electron chi connectivity index (χ1n) is 5.70. The number of nitro groups is 1. The van der Waals surface area contributed by atoms with E-state index >= 15 is 0 Å². The molecule has 0 fully saturated rings. The van der Waals surface area contributed by atoms with Crippen LogP contribution in [0, 0.1) is 10.1 Å². The summed E-state index contributed by atoms with van der Waals surface area (Å²) in [5.74, 6) is -0.426. The number of carbonyl (C=O) groups excluding carboxylic acids is 1. The van der Waals surface area contributed by atoms with Gasteiger partial charge in [-0.3, -0.25) is 14.9 Å². The zero-order chi connectivity index (χ0) is 14.7. The second-order valence-corrected chi connectivity index (χ2v) is 5.37. The molecule has 1 amide bonds. The number of para-hydroxylation sites is 1. The summed E-state index contributed by atoms with van der Waals surface area (Å²) in [5, 5.41) is 14.8. The smallest absolute Gasteiger partial charge is 0.300 e. The first-order valence-corrected chi connectivity index (χ1v) is 7.02. The third-order valence-electron chi connectivity index (χ3n) is 2.75. The van der Waals surface area contributed by atoms with Gasteiger partial charge in [0.1, 0.15) is 10.6 Å². The lowest BCUT2D eigenvalue weighted by Gasteiger charge is -2.16. The van der Waals surface area contributed by atoms with Crippen LogP contribution in [0.25, 0.3) is 0 Å². The molecule has 7 heteroatoms. The number of halogens is 1. The monoisotopic (exact) mass is 310 g/mol. The van der Waals surface area contributed by atoms with E-state index in [0.717, 1.165) is 5.56 Å². The Labute approximate surface area is 124 Å². The van der Waals surface area contributed by atoms with E-state index in [1.54, 1.807) is 7.05 Å². The number of amides is 1. The van der Waals surface area contributed by atoms with E-state index in [4.69, 9.17) is 11.6 Å². The standard InChI is InChI=1S/C13H11ClN2O3S/c1-15(7-9-5-6-20-8-9)13(17)10-3-2-4-11(14)12(10)16(18)19/h2-6,8H,7H2,1H3. The molecule has 0 aliphatic carbocycles. The van der Waals surface area contributed by atoms with E-state index < -0.39 is 10.8 Å². The Morgan fingerprint density at radius 2 is 2.20 bits per heavy atom. The first-order chi connectivity index (χ1) is 9.50. The highest BCUT2D eigenvalue weighted by Crippen LogP contribution is 2.29. The van der Waals surface area contributed by atoms with Gasteiger partial charge in [0.05, 0.1) is 4.92 Å². The summed E-state index contributed by atoms with van der Waals surface area (Å²) in [4.78, 5) is 24.2. The number of nitro benzene ring substituents is 1. The largest absolute Gasteiger partial charge is 0.337 e. The summed E-state index contributed by atoms with van der Waals surface area (Å²) >= 11 is 7.34. The van der Waals surface area contributed by atoms with Crippen molar-refractivity contribution >= 4 is 34.5 Å². The number of carbonyl (C=O) groups is 1. The third kappa shape index (κ3) is 2.97. The molecule has 5 nitrogen and oxygen atoms in total. The van der Waals surface area contributed by atoms with Gasteiger partial charge >= 0.3 is 5.69 Å². The Hall–Kier alpha value is -1.92. The fourth-order valence-corrected chi connectivity index (χ4v) is 2.71. The van der Waals surface area contributed by atoms with E-state index in [9.17, 15) is 14.9 Å². The minimum atomic E-state index is -0.631. The molecule has 1 aromatic heterocycles. The van der Waals surface area contributed by atoms with Crippen LogP contribution in [0.2, 0.25) is 5.02 Å². The fourth-order valence-electron chi connectivity index (χ4n) is 1.81. The molecule has 0 saturated carbocycles. The lowest BCUT2D eigenvalue weighted by atomic mass is 10.1.